The van der Waals surface area contributed by atoms with Crippen molar-refractivity contribution in [3.8, 4) is 6.07 Å². The van der Waals surface area contributed by atoms with Crippen LogP contribution in [0.25, 0.3) is 0 Å². The Balaban J connectivity index is 2.09. The highest BCUT2D eigenvalue weighted by atomic mass is 16.6. The Kier molecular flexibility index (Phi) is 4.15. The quantitative estimate of drug-likeness (QED) is 0.627. The minimum Gasteiger partial charge on any atom is -0.363 e. The van der Waals surface area contributed by atoms with Gasteiger partial charge in [-0.15, -0.1) is 0 Å². The lowest BCUT2D eigenvalue weighted by Crippen LogP contribution is -2.36. The van der Waals surface area contributed by atoms with Crippen molar-refractivity contribution in [2.24, 2.45) is 0 Å². The molecule has 1 N–H and O–H groups in total. The van der Waals surface area contributed by atoms with Gasteiger partial charge in [0.05, 0.1) is 4.92 Å². The second-order valence-corrected chi connectivity index (χ2v) is 5.05. The van der Waals surface area contributed by atoms with Gasteiger partial charge < -0.3 is 5.32 Å². The Hall–Kier alpha value is -2.20. The van der Waals surface area contributed by atoms with E-state index in [1.54, 1.807) is 0 Å². The lowest BCUT2D eigenvalue weighted by Gasteiger charge is -2.24. The van der Waals surface area contributed by atoms with Gasteiger partial charge in [-0.25, -0.2) is 4.98 Å². The SMILES string of the molecule is CC(CNc1nccc(C#N)c1[N+](=O)[O-])N(C)C1CC1. The van der Waals surface area contributed by atoms with Gasteiger partial charge in [0.25, 0.3) is 0 Å². The van der Waals surface area contributed by atoms with Crippen LogP contribution in [0.15, 0.2) is 12.3 Å². The predicted octanol–water partition coefficient (Wildman–Crippen LogP) is 1.76. The van der Waals surface area contributed by atoms with Crippen molar-refractivity contribution < 1.29 is 4.92 Å². The van der Waals surface area contributed by atoms with Crippen molar-refractivity contribution in [2.45, 2.75) is 31.8 Å². The Morgan fingerprint density at radius 3 is 2.95 bits per heavy atom. The minimum atomic E-state index is -0.566. The number of nitro groups is 1. The molecule has 0 amide bonds. The summed E-state index contributed by atoms with van der Waals surface area (Å²) in [6.45, 7) is 2.61. The molecule has 1 aromatic rings. The topological polar surface area (TPSA) is 95.1 Å². The van der Waals surface area contributed by atoms with E-state index in [0.717, 1.165) is 0 Å². The molecule has 1 heterocycles. The van der Waals surface area contributed by atoms with E-state index < -0.39 is 4.92 Å². The van der Waals surface area contributed by atoms with Crippen molar-refractivity contribution in [3.05, 3.63) is 27.9 Å². The summed E-state index contributed by atoms with van der Waals surface area (Å²) in [4.78, 5) is 16.7. The molecule has 0 aliphatic heterocycles. The Morgan fingerprint density at radius 1 is 1.70 bits per heavy atom. The normalized spacial score (nSPS) is 15.7. The monoisotopic (exact) mass is 275 g/mol. The van der Waals surface area contributed by atoms with Gasteiger partial charge >= 0.3 is 5.69 Å². The van der Waals surface area contributed by atoms with Gasteiger partial charge in [0.15, 0.2) is 0 Å². The predicted molar refractivity (Wildman–Crippen MR) is 74.3 cm³/mol. The largest absolute Gasteiger partial charge is 0.363 e. The maximum absolute atomic E-state index is 11.1. The Morgan fingerprint density at radius 2 is 2.40 bits per heavy atom. The van der Waals surface area contributed by atoms with Crippen LogP contribution in [0.5, 0.6) is 0 Å². The van der Waals surface area contributed by atoms with Crippen LogP contribution in [-0.4, -0.2) is 40.5 Å². The van der Waals surface area contributed by atoms with E-state index >= 15 is 0 Å². The molecule has 1 aliphatic carbocycles. The number of pyridine rings is 1. The smallest absolute Gasteiger partial charge is 0.328 e. The number of hydrogen-bond acceptors (Lipinski definition) is 6. The van der Waals surface area contributed by atoms with Crippen LogP contribution in [0.2, 0.25) is 0 Å². The fourth-order valence-electron chi connectivity index (χ4n) is 2.09. The van der Waals surface area contributed by atoms with Crippen LogP contribution in [0.4, 0.5) is 11.5 Å². The fraction of sp³-hybridized carbons (Fsp3) is 0.538. The summed E-state index contributed by atoms with van der Waals surface area (Å²) in [6.07, 6.45) is 3.83. The first-order valence-corrected chi connectivity index (χ1v) is 6.54. The van der Waals surface area contributed by atoms with Gasteiger partial charge in [0.2, 0.25) is 5.82 Å². The van der Waals surface area contributed by atoms with Gasteiger partial charge in [-0.2, -0.15) is 5.26 Å². The number of hydrogen-bond donors (Lipinski definition) is 1. The molecule has 106 valence electrons. The van der Waals surface area contributed by atoms with Gasteiger partial charge in [0, 0.05) is 24.8 Å². The van der Waals surface area contributed by atoms with Crippen LogP contribution in [0.1, 0.15) is 25.3 Å². The van der Waals surface area contributed by atoms with Gasteiger partial charge in [-0.1, -0.05) is 0 Å². The lowest BCUT2D eigenvalue weighted by atomic mass is 10.2. The summed E-state index contributed by atoms with van der Waals surface area (Å²) >= 11 is 0. The third-order valence-electron chi connectivity index (χ3n) is 3.61. The molecular formula is C13H17N5O2. The first-order chi connectivity index (χ1) is 9.54. The second-order valence-electron chi connectivity index (χ2n) is 5.05. The van der Waals surface area contributed by atoms with Crippen molar-refractivity contribution in [1.29, 1.82) is 5.26 Å². The van der Waals surface area contributed by atoms with E-state index in [9.17, 15) is 10.1 Å². The zero-order valence-corrected chi connectivity index (χ0v) is 11.5. The van der Waals surface area contributed by atoms with Gasteiger partial charge in [0.1, 0.15) is 11.6 Å². The highest BCUT2D eigenvalue weighted by molar-refractivity contribution is 5.64. The minimum absolute atomic E-state index is 0.0238. The van der Waals surface area contributed by atoms with Crippen molar-refractivity contribution >= 4 is 11.5 Å². The highest BCUT2D eigenvalue weighted by Crippen LogP contribution is 2.28. The molecule has 1 aliphatic rings. The molecule has 1 unspecified atom stereocenters. The van der Waals surface area contributed by atoms with Gasteiger partial charge in [-0.3, -0.25) is 15.0 Å². The molecule has 0 saturated heterocycles. The molecule has 1 aromatic heterocycles. The molecule has 0 spiro atoms. The molecule has 7 heteroatoms. The Labute approximate surface area is 117 Å². The van der Waals surface area contributed by atoms with Crippen molar-refractivity contribution in [1.82, 2.24) is 9.88 Å². The number of rotatable bonds is 6. The molecule has 7 nitrogen and oxygen atoms in total. The molecule has 0 aromatic carbocycles. The molecule has 1 saturated carbocycles. The summed E-state index contributed by atoms with van der Waals surface area (Å²) in [5.74, 6) is 0.157. The standard InChI is InChI=1S/C13H17N5O2/c1-9(17(2)11-3-4-11)8-16-13-12(18(19)20)10(7-14)5-6-15-13/h5-6,9,11H,3-4,8H2,1-2H3,(H,15,16). The van der Waals surface area contributed by atoms with Crippen LogP contribution in [-0.2, 0) is 0 Å². The second kappa shape index (κ2) is 5.84. The van der Waals surface area contributed by atoms with E-state index in [4.69, 9.17) is 5.26 Å². The van der Waals surface area contributed by atoms with Crippen LogP contribution in [0.3, 0.4) is 0 Å². The summed E-state index contributed by atoms with van der Waals surface area (Å²) in [6, 6.07) is 4.04. The number of likely N-dealkylation sites (N-methyl/N-ethyl adjacent to an activating group) is 1. The number of nitriles is 1. The third kappa shape index (κ3) is 3.03. The number of nitrogens with one attached hydrogen (secondary N) is 1. The van der Waals surface area contributed by atoms with Crippen LogP contribution in [0, 0.1) is 21.4 Å². The molecule has 0 bridgehead atoms. The third-order valence-corrected chi connectivity index (χ3v) is 3.61. The first kappa shape index (κ1) is 14.2. The maximum Gasteiger partial charge on any atom is 0.328 e. The number of anilines is 1. The molecule has 2 rings (SSSR count). The average molecular weight is 275 g/mol. The first-order valence-electron chi connectivity index (χ1n) is 6.54. The molecule has 0 radical (unpaired) electrons. The van der Waals surface area contributed by atoms with Crippen molar-refractivity contribution in [3.63, 3.8) is 0 Å². The zero-order chi connectivity index (χ0) is 14.7. The summed E-state index contributed by atoms with van der Waals surface area (Å²) in [7, 11) is 2.05. The lowest BCUT2D eigenvalue weighted by molar-refractivity contribution is -0.384. The van der Waals surface area contributed by atoms with Gasteiger partial charge in [-0.05, 0) is 32.9 Å². The number of nitrogens with zero attached hydrogens (tertiary/aromatic N) is 4. The molecule has 20 heavy (non-hydrogen) atoms. The summed E-state index contributed by atoms with van der Waals surface area (Å²) in [5, 5.41) is 23.0. The zero-order valence-electron chi connectivity index (χ0n) is 11.5. The van der Waals surface area contributed by atoms with E-state index in [1.807, 2.05) is 6.07 Å². The average Bonchev–Trinajstić information content (AvgIpc) is 3.27. The summed E-state index contributed by atoms with van der Waals surface area (Å²) in [5.41, 5.74) is -0.230. The van der Waals surface area contributed by atoms with Crippen LogP contribution < -0.4 is 5.32 Å². The highest BCUT2D eigenvalue weighted by Gasteiger charge is 2.29. The van der Waals surface area contributed by atoms with Crippen LogP contribution >= 0.6 is 0 Å². The molecule has 1 fully saturated rings. The van der Waals surface area contributed by atoms with Crippen molar-refractivity contribution in [2.75, 3.05) is 18.9 Å². The fourth-order valence-corrected chi connectivity index (χ4v) is 2.09. The van der Waals surface area contributed by atoms with E-state index in [2.05, 4.69) is 29.2 Å². The summed E-state index contributed by atoms with van der Waals surface area (Å²) < 4.78 is 0. The molecular weight excluding hydrogens is 258 g/mol. The number of aromatic nitrogens is 1. The maximum atomic E-state index is 11.1. The van der Waals surface area contributed by atoms with E-state index in [1.165, 1.54) is 25.1 Å². The van der Waals surface area contributed by atoms with E-state index in [0.29, 0.717) is 12.6 Å². The molecule has 1 atom stereocenters. The Bertz CT molecular complexity index is 550. The van der Waals surface area contributed by atoms with E-state index in [-0.39, 0.29) is 23.1 Å².